The van der Waals surface area contributed by atoms with Gasteiger partial charge in [-0.1, -0.05) is 12.0 Å². The van der Waals surface area contributed by atoms with Crippen LogP contribution in [-0.4, -0.2) is 22.0 Å². The van der Waals surface area contributed by atoms with E-state index in [0.717, 1.165) is 33.4 Å². The highest BCUT2D eigenvalue weighted by atomic mass is 15.0. The lowest BCUT2D eigenvalue weighted by Crippen LogP contribution is -1.97. The molecule has 3 heterocycles. The lowest BCUT2D eigenvalue weighted by Gasteiger charge is -2.06. The van der Waals surface area contributed by atoms with E-state index >= 15 is 0 Å². The molecule has 3 aromatic rings. The van der Waals surface area contributed by atoms with Crippen molar-refractivity contribution in [3.05, 3.63) is 53.6 Å². The molecule has 0 bridgehead atoms. The van der Waals surface area contributed by atoms with Gasteiger partial charge in [-0.2, -0.15) is 0 Å². The summed E-state index contributed by atoms with van der Waals surface area (Å²) in [5.41, 5.74) is 8.42. The first-order chi connectivity index (χ1) is 10.7. The third-order valence-electron chi connectivity index (χ3n) is 3.27. The number of nitrogen functional groups attached to an aromatic ring is 1. The number of anilines is 2. The number of pyridine rings is 3. The minimum absolute atomic E-state index is 0.456. The molecule has 0 aliphatic rings. The molecule has 0 amide bonds. The highest BCUT2D eigenvalue weighted by molar-refractivity contribution is 5.96. The summed E-state index contributed by atoms with van der Waals surface area (Å²) in [5.74, 6) is 7.38. The maximum Gasteiger partial charge on any atom is 0.135 e. The summed E-state index contributed by atoms with van der Waals surface area (Å²) in [6.07, 6.45) is 5.24. The minimum atomic E-state index is 0.456. The van der Waals surface area contributed by atoms with E-state index in [2.05, 4.69) is 32.1 Å². The number of aromatic nitrogens is 3. The normalized spacial score (nSPS) is 10.1. The summed E-state index contributed by atoms with van der Waals surface area (Å²) in [7, 11) is 1.82. The largest absolute Gasteiger partial charge is 0.384 e. The summed E-state index contributed by atoms with van der Waals surface area (Å²) in [4.78, 5) is 12.8. The summed E-state index contributed by atoms with van der Waals surface area (Å²) >= 11 is 0. The van der Waals surface area contributed by atoms with Crippen molar-refractivity contribution in [2.24, 2.45) is 0 Å². The van der Waals surface area contributed by atoms with Crippen molar-refractivity contribution >= 4 is 22.4 Å². The topological polar surface area (TPSA) is 76.7 Å². The second-order valence-electron chi connectivity index (χ2n) is 4.90. The molecule has 0 fully saturated rings. The number of rotatable bonds is 1. The Bertz CT molecular complexity index is 889. The molecule has 0 unspecified atom stereocenters. The van der Waals surface area contributed by atoms with Gasteiger partial charge in [0.25, 0.3) is 0 Å². The molecular formula is C17H15N5. The van der Waals surface area contributed by atoms with E-state index in [4.69, 9.17) is 5.73 Å². The fourth-order valence-electron chi connectivity index (χ4n) is 2.12. The molecule has 3 N–H and O–H groups in total. The first kappa shape index (κ1) is 13.8. The van der Waals surface area contributed by atoms with Crippen LogP contribution in [0, 0.1) is 18.8 Å². The Kier molecular flexibility index (Phi) is 3.58. The van der Waals surface area contributed by atoms with Gasteiger partial charge in [0.1, 0.15) is 17.3 Å². The third kappa shape index (κ3) is 2.67. The van der Waals surface area contributed by atoms with Crippen molar-refractivity contribution in [1.29, 1.82) is 0 Å². The number of nitrogens with zero attached hydrogens (tertiary/aromatic N) is 3. The Morgan fingerprint density at radius 1 is 1.00 bits per heavy atom. The number of nitrogens with two attached hydrogens (primary N) is 1. The summed E-state index contributed by atoms with van der Waals surface area (Å²) in [5, 5.41) is 4.86. The van der Waals surface area contributed by atoms with Gasteiger partial charge in [-0.3, -0.25) is 0 Å². The highest BCUT2D eigenvalue weighted by Crippen LogP contribution is 2.24. The molecule has 0 aliphatic heterocycles. The first-order valence-corrected chi connectivity index (χ1v) is 6.84. The molecule has 22 heavy (non-hydrogen) atoms. The fourth-order valence-corrected chi connectivity index (χ4v) is 2.12. The SMILES string of the molecule is CNc1ncc(C#Cc2ccc(C)cn2)c2cc(N)ncc12. The first-order valence-electron chi connectivity index (χ1n) is 6.84. The predicted molar refractivity (Wildman–Crippen MR) is 88.5 cm³/mol. The highest BCUT2D eigenvalue weighted by Gasteiger charge is 2.06. The third-order valence-corrected chi connectivity index (χ3v) is 3.27. The molecule has 0 radical (unpaired) electrons. The molecular weight excluding hydrogens is 274 g/mol. The Labute approximate surface area is 128 Å². The van der Waals surface area contributed by atoms with E-state index in [1.807, 2.05) is 32.2 Å². The number of hydrogen-bond donors (Lipinski definition) is 2. The van der Waals surface area contributed by atoms with Gasteiger partial charge in [-0.05, 0) is 30.5 Å². The second-order valence-corrected chi connectivity index (χ2v) is 4.90. The Hall–Kier alpha value is -3.13. The molecule has 0 aliphatic carbocycles. The van der Waals surface area contributed by atoms with E-state index in [0.29, 0.717) is 5.82 Å². The van der Waals surface area contributed by atoms with Crippen LogP contribution in [0.4, 0.5) is 11.6 Å². The van der Waals surface area contributed by atoms with Crippen LogP contribution in [0.15, 0.2) is 36.8 Å². The lowest BCUT2D eigenvalue weighted by atomic mass is 10.1. The Balaban J connectivity index is 2.12. The maximum absolute atomic E-state index is 5.80. The van der Waals surface area contributed by atoms with Crippen molar-refractivity contribution in [2.75, 3.05) is 18.1 Å². The van der Waals surface area contributed by atoms with Gasteiger partial charge < -0.3 is 11.1 Å². The van der Waals surface area contributed by atoms with Crippen LogP contribution in [0.1, 0.15) is 16.8 Å². The van der Waals surface area contributed by atoms with Crippen molar-refractivity contribution in [1.82, 2.24) is 15.0 Å². The van der Waals surface area contributed by atoms with Gasteiger partial charge in [0.15, 0.2) is 0 Å². The average molecular weight is 289 g/mol. The molecule has 0 saturated heterocycles. The van der Waals surface area contributed by atoms with Crippen LogP contribution in [0.5, 0.6) is 0 Å². The van der Waals surface area contributed by atoms with Crippen LogP contribution >= 0.6 is 0 Å². The molecule has 5 heteroatoms. The summed E-state index contributed by atoms with van der Waals surface area (Å²) < 4.78 is 0. The van der Waals surface area contributed by atoms with Gasteiger partial charge in [-0.25, -0.2) is 15.0 Å². The van der Waals surface area contributed by atoms with E-state index in [-0.39, 0.29) is 0 Å². The zero-order valence-corrected chi connectivity index (χ0v) is 12.4. The van der Waals surface area contributed by atoms with Gasteiger partial charge in [0.2, 0.25) is 0 Å². The van der Waals surface area contributed by atoms with Crippen molar-refractivity contribution in [2.45, 2.75) is 6.92 Å². The molecule has 108 valence electrons. The lowest BCUT2D eigenvalue weighted by molar-refractivity contribution is 1.24. The second kappa shape index (κ2) is 5.70. The zero-order chi connectivity index (χ0) is 15.5. The smallest absolute Gasteiger partial charge is 0.135 e. The Morgan fingerprint density at radius 2 is 1.86 bits per heavy atom. The Morgan fingerprint density at radius 3 is 2.59 bits per heavy atom. The average Bonchev–Trinajstić information content (AvgIpc) is 2.54. The number of hydrogen-bond acceptors (Lipinski definition) is 5. The van der Waals surface area contributed by atoms with Crippen LogP contribution < -0.4 is 11.1 Å². The van der Waals surface area contributed by atoms with Crippen LogP contribution in [0.3, 0.4) is 0 Å². The van der Waals surface area contributed by atoms with Gasteiger partial charge in [0, 0.05) is 36.4 Å². The zero-order valence-electron chi connectivity index (χ0n) is 12.4. The molecule has 0 aromatic carbocycles. The number of nitrogens with one attached hydrogen (secondary N) is 1. The van der Waals surface area contributed by atoms with Crippen LogP contribution in [0.25, 0.3) is 10.8 Å². The van der Waals surface area contributed by atoms with Crippen LogP contribution in [-0.2, 0) is 0 Å². The van der Waals surface area contributed by atoms with Crippen molar-refractivity contribution in [3.8, 4) is 11.8 Å². The molecule has 0 spiro atoms. The monoisotopic (exact) mass is 289 g/mol. The fraction of sp³-hybridized carbons (Fsp3) is 0.118. The van der Waals surface area contributed by atoms with E-state index < -0.39 is 0 Å². The number of aryl methyl sites for hydroxylation is 1. The summed E-state index contributed by atoms with van der Waals surface area (Å²) in [6.45, 7) is 1.99. The van der Waals surface area contributed by atoms with Crippen molar-refractivity contribution in [3.63, 3.8) is 0 Å². The van der Waals surface area contributed by atoms with E-state index in [1.54, 1.807) is 18.6 Å². The summed E-state index contributed by atoms with van der Waals surface area (Å²) in [6, 6.07) is 5.69. The molecule has 3 rings (SSSR count). The van der Waals surface area contributed by atoms with E-state index in [1.165, 1.54) is 0 Å². The van der Waals surface area contributed by atoms with E-state index in [9.17, 15) is 0 Å². The molecule has 0 atom stereocenters. The predicted octanol–water partition coefficient (Wildman–Crippen LogP) is 2.36. The van der Waals surface area contributed by atoms with Gasteiger partial charge in [0.05, 0.1) is 5.56 Å². The maximum atomic E-state index is 5.80. The quantitative estimate of drug-likeness (QED) is 0.672. The molecule has 5 nitrogen and oxygen atoms in total. The van der Waals surface area contributed by atoms with Crippen LogP contribution in [0.2, 0.25) is 0 Å². The molecule has 0 saturated carbocycles. The minimum Gasteiger partial charge on any atom is -0.384 e. The standard InChI is InChI=1S/C17H15N5/c1-11-3-5-13(20-8-11)6-4-12-9-22-17(19-2)15-10-21-16(18)7-14(12)15/h3,5,7-10H,1-2H3,(H2,18,21)(H,19,22). The number of fused-ring (bicyclic) bond motifs is 1. The van der Waals surface area contributed by atoms with Gasteiger partial charge >= 0.3 is 0 Å². The van der Waals surface area contributed by atoms with Crippen molar-refractivity contribution < 1.29 is 0 Å². The van der Waals surface area contributed by atoms with Gasteiger partial charge in [-0.15, -0.1) is 0 Å². The molecule has 3 aromatic heterocycles.